The highest BCUT2D eigenvalue weighted by atomic mass is 19.4. The van der Waals surface area contributed by atoms with E-state index in [1.807, 2.05) is 32.0 Å². The van der Waals surface area contributed by atoms with Gasteiger partial charge >= 0.3 is 6.18 Å². The molecule has 0 unspecified atom stereocenters. The maximum absolute atomic E-state index is 12.8. The van der Waals surface area contributed by atoms with Crippen LogP contribution < -0.4 is 9.80 Å². The molecule has 27 heavy (non-hydrogen) atoms. The van der Waals surface area contributed by atoms with Crippen LogP contribution in [0.5, 0.6) is 0 Å². The van der Waals surface area contributed by atoms with E-state index in [4.69, 9.17) is 0 Å². The summed E-state index contributed by atoms with van der Waals surface area (Å²) >= 11 is 0. The van der Waals surface area contributed by atoms with Crippen LogP contribution in [0.1, 0.15) is 25.0 Å². The summed E-state index contributed by atoms with van der Waals surface area (Å²) in [4.78, 5) is 27.5. The topological polar surface area (TPSA) is 40.6 Å². The molecular formula is C20H21F3N2O2. The van der Waals surface area contributed by atoms with E-state index < -0.39 is 17.6 Å². The molecule has 4 nitrogen and oxygen atoms in total. The normalized spacial score (nSPS) is 11.2. The van der Waals surface area contributed by atoms with Crippen molar-refractivity contribution in [3.63, 3.8) is 0 Å². The number of hydrogen-bond donors (Lipinski definition) is 0. The lowest BCUT2D eigenvalue weighted by Gasteiger charge is -2.26. The first-order valence-electron chi connectivity index (χ1n) is 8.46. The number of carbonyl (C=O) groups excluding carboxylic acids is 2. The first-order valence-corrected chi connectivity index (χ1v) is 8.46. The monoisotopic (exact) mass is 378 g/mol. The molecule has 144 valence electrons. The number of carbonyl (C=O) groups is 2. The summed E-state index contributed by atoms with van der Waals surface area (Å²) < 4.78 is 38.2. The second-order valence-electron chi connectivity index (χ2n) is 6.13. The highest BCUT2D eigenvalue weighted by molar-refractivity contribution is 6.03. The number of amides is 2. The zero-order valence-electron chi connectivity index (χ0n) is 15.4. The van der Waals surface area contributed by atoms with Gasteiger partial charge in [-0.2, -0.15) is 13.2 Å². The Morgan fingerprint density at radius 1 is 0.963 bits per heavy atom. The Balaban J connectivity index is 2.24. The lowest BCUT2D eigenvalue weighted by Crippen LogP contribution is -2.42. The van der Waals surface area contributed by atoms with Gasteiger partial charge in [-0.05, 0) is 55.8 Å². The molecule has 0 atom stereocenters. The quantitative estimate of drug-likeness (QED) is 0.773. The van der Waals surface area contributed by atoms with Gasteiger partial charge in [0.1, 0.15) is 6.54 Å². The Kier molecular flexibility index (Phi) is 6.25. The van der Waals surface area contributed by atoms with Crippen LogP contribution in [0, 0.1) is 6.92 Å². The largest absolute Gasteiger partial charge is 0.416 e. The first-order chi connectivity index (χ1) is 12.6. The van der Waals surface area contributed by atoms with Crippen molar-refractivity contribution in [1.29, 1.82) is 0 Å². The van der Waals surface area contributed by atoms with Crippen molar-refractivity contribution in [1.82, 2.24) is 0 Å². The summed E-state index contributed by atoms with van der Waals surface area (Å²) in [5.74, 6) is -0.749. The second-order valence-corrected chi connectivity index (χ2v) is 6.13. The molecule has 0 heterocycles. The van der Waals surface area contributed by atoms with Gasteiger partial charge in [-0.25, -0.2) is 0 Å². The van der Waals surface area contributed by atoms with Crippen LogP contribution in [-0.4, -0.2) is 24.9 Å². The van der Waals surface area contributed by atoms with Crippen molar-refractivity contribution < 1.29 is 22.8 Å². The molecule has 0 aromatic heterocycles. The molecule has 2 amide bonds. The molecular weight excluding hydrogens is 357 g/mol. The molecule has 0 aliphatic carbocycles. The van der Waals surface area contributed by atoms with Gasteiger partial charge in [0, 0.05) is 24.8 Å². The SMILES string of the molecule is CCN(C(=O)CN(C(C)=O)c1ccc(C(F)(F)F)cc1)c1cccc(C)c1. The minimum Gasteiger partial charge on any atom is -0.311 e. The number of benzene rings is 2. The van der Waals surface area contributed by atoms with E-state index in [9.17, 15) is 22.8 Å². The fourth-order valence-corrected chi connectivity index (χ4v) is 2.73. The van der Waals surface area contributed by atoms with Crippen LogP contribution in [0.4, 0.5) is 24.5 Å². The van der Waals surface area contributed by atoms with Crippen molar-refractivity contribution in [3.05, 3.63) is 59.7 Å². The Hall–Kier alpha value is -2.83. The average Bonchev–Trinajstić information content (AvgIpc) is 2.59. The molecule has 7 heteroatoms. The first kappa shape index (κ1) is 20.5. The van der Waals surface area contributed by atoms with E-state index in [1.54, 1.807) is 6.07 Å². The minimum absolute atomic E-state index is 0.240. The van der Waals surface area contributed by atoms with Gasteiger partial charge in [-0.15, -0.1) is 0 Å². The van der Waals surface area contributed by atoms with Crippen molar-refractivity contribution >= 4 is 23.2 Å². The van der Waals surface area contributed by atoms with E-state index in [2.05, 4.69) is 0 Å². The fourth-order valence-electron chi connectivity index (χ4n) is 2.73. The molecule has 2 aromatic carbocycles. The van der Waals surface area contributed by atoms with Gasteiger partial charge in [0.25, 0.3) is 0 Å². The third-order valence-electron chi connectivity index (χ3n) is 4.11. The number of likely N-dealkylation sites (N-methyl/N-ethyl adjacent to an activating group) is 1. The van der Waals surface area contributed by atoms with E-state index in [0.29, 0.717) is 12.2 Å². The standard InChI is InChI=1S/C20H21F3N2O2/c1-4-24(18-7-5-6-14(2)12-18)19(27)13-25(15(3)26)17-10-8-16(9-11-17)20(21,22)23/h5-12H,4,13H2,1-3H3. The summed E-state index contributed by atoms with van der Waals surface area (Å²) in [5, 5.41) is 0. The maximum atomic E-state index is 12.8. The Morgan fingerprint density at radius 3 is 2.07 bits per heavy atom. The van der Waals surface area contributed by atoms with Gasteiger partial charge in [0.05, 0.1) is 5.56 Å². The third-order valence-corrected chi connectivity index (χ3v) is 4.11. The number of alkyl halides is 3. The highest BCUT2D eigenvalue weighted by Crippen LogP contribution is 2.30. The van der Waals surface area contributed by atoms with Crippen LogP contribution >= 0.6 is 0 Å². The number of nitrogens with zero attached hydrogens (tertiary/aromatic N) is 2. The molecule has 0 saturated heterocycles. The van der Waals surface area contributed by atoms with Gasteiger partial charge in [0.2, 0.25) is 11.8 Å². The number of aryl methyl sites for hydroxylation is 1. The van der Waals surface area contributed by atoms with Crippen molar-refractivity contribution in [3.8, 4) is 0 Å². The lowest BCUT2D eigenvalue weighted by atomic mass is 10.1. The van der Waals surface area contributed by atoms with Gasteiger partial charge in [-0.3, -0.25) is 9.59 Å². The smallest absolute Gasteiger partial charge is 0.311 e. The van der Waals surface area contributed by atoms with Gasteiger partial charge in [-0.1, -0.05) is 12.1 Å². The fraction of sp³-hybridized carbons (Fsp3) is 0.300. The Morgan fingerprint density at radius 2 is 1.59 bits per heavy atom. The second kappa shape index (κ2) is 8.24. The molecule has 0 fully saturated rings. The van der Waals surface area contributed by atoms with Crippen LogP contribution in [0.25, 0.3) is 0 Å². The van der Waals surface area contributed by atoms with Gasteiger partial charge < -0.3 is 9.80 Å². The molecule has 0 aliphatic rings. The number of anilines is 2. The van der Waals surface area contributed by atoms with Crippen molar-refractivity contribution in [2.45, 2.75) is 26.9 Å². The number of rotatable bonds is 5. The molecule has 2 rings (SSSR count). The maximum Gasteiger partial charge on any atom is 0.416 e. The van der Waals surface area contributed by atoms with E-state index in [-0.39, 0.29) is 18.1 Å². The Bertz CT molecular complexity index is 817. The molecule has 0 N–H and O–H groups in total. The summed E-state index contributed by atoms with van der Waals surface area (Å²) in [5.41, 5.74) is 1.13. The molecule has 0 bridgehead atoms. The molecule has 0 saturated carbocycles. The molecule has 0 radical (unpaired) electrons. The zero-order chi connectivity index (χ0) is 20.2. The molecule has 2 aromatic rings. The van der Waals surface area contributed by atoms with Crippen LogP contribution in [0.15, 0.2) is 48.5 Å². The molecule has 0 spiro atoms. The summed E-state index contributed by atoms with van der Waals surface area (Å²) in [7, 11) is 0. The zero-order valence-corrected chi connectivity index (χ0v) is 15.4. The van der Waals surface area contributed by atoms with E-state index in [1.165, 1.54) is 28.9 Å². The third kappa shape index (κ3) is 5.09. The highest BCUT2D eigenvalue weighted by Gasteiger charge is 2.30. The summed E-state index contributed by atoms with van der Waals surface area (Å²) in [6, 6.07) is 11.6. The minimum atomic E-state index is -4.46. The van der Waals surface area contributed by atoms with E-state index in [0.717, 1.165) is 17.7 Å². The van der Waals surface area contributed by atoms with Crippen LogP contribution in [0.3, 0.4) is 0 Å². The lowest BCUT2D eigenvalue weighted by molar-refractivity contribution is -0.137. The van der Waals surface area contributed by atoms with Gasteiger partial charge in [0.15, 0.2) is 0 Å². The predicted octanol–water partition coefficient (Wildman–Crippen LogP) is 4.42. The van der Waals surface area contributed by atoms with E-state index >= 15 is 0 Å². The summed E-state index contributed by atoms with van der Waals surface area (Å²) in [6.07, 6.45) is -4.46. The van der Waals surface area contributed by atoms with Crippen molar-refractivity contribution in [2.24, 2.45) is 0 Å². The summed E-state index contributed by atoms with van der Waals surface area (Å²) in [6.45, 7) is 5.14. The average molecular weight is 378 g/mol. The number of hydrogen-bond acceptors (Lipinski definition) is 2. The van der Waals surface area contributed by atoms with Crippen LogP contribution in [-0.2, 0) is 15.8 Å². The van der Waals surface area contributed by atoms with Crippen LogP contribution in [0.2, 0.25) is 0 Å². The molecule has 0 aliphatic heterocycles. The predicted molar refractivity (Wildman–Crippen MR) is 98.7 cm³/mol. The van der Waals surface area contributed by atoms with Crippen molar-refractivity contribution in [2.75, 3.05) is 22.9 Å². The Labute approximate surface area is 156 Å². The number of halogens is 3.